The van der Waals surface area contributed by atoms with Gasteiger partial charge in [0.05, 0.1) is 24.3 Å². The minimum atomic E-state index is -0.455. The van der Waals surface area contributed by atoms with Crippen molar-refractivity contribution < 1.29 is 33.3 Å². The molecule has 0 radical (unpaired) electrons. The molecule has 0 N–H and O–H groups in total. The van der Waals surface area contributed by atoms with Crippen molar-refractivity contribution >= 4 is 24.0 Å². The van der Waals surface area contributed by atoms with Crippen LogP contribution in [0.25, 0.3) is 6.08 Å². The number of hydrogen-bond donors (Lipinski definition) is 0. The van der Waals surface area contributed by atoms with E-state index in [0.717, 1.165) is 24.5 Å². The average Bonchev–Trinajstić information content (AvgIpc) is 3.79. The third-order valence-electron chi connectivity index (χ3n) is 6.04. The van der Waals surface area contributed by atoms with E-state index in [0.29, 0.717) is 48.0 Å². The highest BCUT2D eigenvalue weighted by atomic mass is 16.5. The van der Waals surface area contributed by atoms with Gasteiger partial charge < -0.3 is 18.9 Å². The number of benzene rings is 2. The molecule has 2 aliphatic rings. The highest BCUT2D eigenvalue weighted by Crippen LogP contribution is 2.52. The fourth-order valence-corrected chi connectivity index (χ4v) is 3.86. The van der Waals surface area contributed by atoms with Gasteiger partial charge >= 0.3 is 17.9 Å². The predicted molar refractivity (Wildman–Crippen MR) is 149 cm³/mol. The van der Waals surface area contributed by atoms with E-state index in [2.05, 4.69) is 13.2 Å². The van der Waals surface area contributed by atoms with Crippen molar-refractivity contribution in [2.24, 2.45) is 11.8 Å². The van der Waals surface area contributed by atoms with Crippen LogP contribution in [-0.4, -0.2) is 31.1 Å². The molecule has 2 atom stereocenters. The Morgan fingerprint density at radius 2 is 1.31 bits per heavy atom. The highest BCUT2D eigenvalue weighted by molar-refractivity contribution is 5.91. The van der Waals surface area contributed by atoms with E-state index in [1.807, 2.05) is 13.8 Å². The molecule has 0 aliphatic heterocycles. The molecule has 2 aromatic rings. The summed E-state index contributed by atoms with van der Waals surface area (Å²) >= 11 is 0. The summed E-state index contributed by atoms with van der Waals surface area (Å²) in [7, 11) is 0. The van der Waals surface area contributed by atoms with Crippen LogP contribution in [0.15, 0.2) is 91.4 Å². The standard InChI is InChI=1S/C30H28O7.C2H6/c1-3-20-7-9-21(10-8-20)29(32)36-26-15-16-27(25-19-24(25)26)37-30(33)22-11-13-23(14-12-22)34-17-5-6-18-35-28(31)4-2;1-2/h3-4,7-16,24-25H,1-2,5-6,17-19H2;1-2H3. The van der Waals surface area contributed by atoms with Crippen LogP contribution in [0.3, 0.4) is 0 Å². The molecule has 4 rings (SSSR count). The molecule has 204 valence electrons. The Kier molecular flexibility index (Phi) is 10.9. The van der Waals surface area contributed by atoms with Crippen LogP contribution in [0.1, 0.15) is 59.4 Å². The van der Waals surface area contributed by atoms with Crippen LogP contribution >= 0.6 is 0 Å². The van der Waals surface area contributed by atoms with Gasteiger partial charge in [-0.1, -0.05) is 45.2 Å². The number of allylic oxidation sites excluding steroid dienone is 4. The van der Waals surface area contributed by atoms with Gasteiger partial charge in [0.25, 0.3) is 0 Å². The molecule has 2 aliphatic carbocycles. The summed E-state index contributed by atoms with van der Waals surface area (Å²) in [6.07, 6.45) is 8.39. The number of rotatable bonds is 12. The lowest BCUT2D eigenvalue weighted by Gasteiger charge is -2.14. The zero-order chi connectivity index (χ0) is 28.2. The maximum absolute atomic E-state index is 12.6. The monoisotopic (exact) mass is 530 g/mol. The first-order valence-electron chi connectivity index (χ1n) is 13.1. The second-order valence-corrected chi connectivity index (χ2v) is 8.64. The summed E-state index contributed by atoms with van der Waals surface area (Å²) in [5, 5.41) is 0. The molecule has 1 saturated carbocycles. The lowest BCUT2D eigenvalue weighted by molar-refractivity contribution is -0.137. The van der Waals surface area contributed by atoms with Gasteiger partial charge in [-0.15, -0.1) is 0 Å². The minimum Gasteiger partial charge on any atom is -0.494 e. The van der Waals surface area contributed by atoms with Crippen LogP contribution in [0.4, 0.5) is 0 Å². The van der Waals surface area contributed by atoms with Crippen molar-refractivity contribution in [3.8, 4) is 5.75 Å². The molecule has 2 aromatic carbocycles. The third kappa shape index (κ3) is 8.30. The van der Waals surface area contributed by atoms with Crippen LogP contribution in [0.5, 0.6) is 5.75 Å². The van der Waals surface area contributed by atoms with Gasteiger partial charge in [-0.05, 0) is 73.4 Å². The van der Waals surface area contributed by atoms with Crippen molar-refractivity contribution in [1.29, 1.82) is 0 Å². The maximum atomic E-state index is 12.6. The van der Waals surface area contributed by atoms with E-state index < -0.39 is 17.9 Å². The SMILES string of the molecule is C=CC(=O)OCCCCOc1ccc(C(=O)OC2=CC=C(OC(=O)c3ccc(C=C)cc3)C3CC23)cc1.CC. The van der Waals surface area contributed by atoms with Crippen molar-refractivity contribution in [2.75, 3.05) is 13.2 Å². The third-order valence-corrected chi connectivity index (χ3v) is 6.04. The van der Waals surface area contributed by atoms with E-state index in [9.17, 15) is 14.4 Å². The highest BCUT2D eigenvalue weighted by Gasteiger charge is 2.48. The Labute approximate surface area is 229 Å². The van der Waals surface area contributed by atoms with E-state index in [4.69, 9.17) is 18.9 Å². The second kappa shape index (κ2) is 14.5. The number of carbonyl (C=O) groups is 3. The first kappa shape index (κ1) is 29.2. The van der Waals surface area contributed by atoms with Crippen LogP contribution in [-0.2, 0) is 19.0 Å². The molecular weight excluding hydrogens is 496 g/mol. The average molecular weight is 531 g/mol. The van der Waals surface area contributed by atoms with Crippen molar-refractivity contribution in [2.45, 2.75) is 33.1 Å². The Balaban J connectivity index is 0.00000205. The summed E-state index contributed by atoms with van der Waals surface area (Å²) in [5.74, 6) is 0.533. The van der Waals surface area contributed by atoms with Crippen molar-refractivity contribution in [1.82, 2.24) is 0 Å². The number of carbonyl (C=O) groups excluding carboxylic acids is 3. The number of ether oxygens (including phenoxy) is 4. The topological polar surface area (TPSA) is 88.1 Å². The van der Waals surface area contributed by atoms with Gasteiger partial charge in [-0.25, -0.2) is 14.4 Å². The first-order chi connectivity index (χ1) is 19.0. The minimum absolute atomic E-state index is 0.0215. The molecular formula is C32H34O7. The van der Waals surface area contributed by atoms with E-state index >= 15 is 0 Å². The van der Waals surface area contributed by atoms with Gasteiger partial charge in [0.1, 0.15) is 17.3 Å². The molecule has 0 heterocycles. The molecule has 0 saturated heterocycles. The number of esters is 3. The molecule has 1 fully saturated rings. The van der Waals surface area contributed by atoms with Crippen LogP contribution in [0, 0.1) is 11.8 Å². The normalized spacial score (nSPS) is 16.6. The summed E-state index contributed by atoms with van der Waals surface area (Å²) in [5.41, 5.74) is 1.80. The van der Waals surface area contributed by atoms with Gasteiger partial charge in [-0.2, -0.15) is 0 Å². The van der Waals surface area contributed by atoms with E-state index in [1.54, 1.807) is 66.8 Å². The maximum Gasteiger partial charge on any atom is 0.343 e. The molecule has 0 spiro atoms. The lowest BCUT2D eigenvalue weighted by Crippen LogP contribution is -2.12. The van der Waals surface area contributed by atoms with E-state index in [-0.39, 0.29) is 11.8 Å². The number of hydrogen-bond acceptors (Lipinski definition) is 7. The second-order valence-electron chi connectivity index (χ2n) is 8.64. The quantitative estimate of drug-likeness (QED) is 0.131. The van der Waals surface area contributed by atoms with Gasteiger partial charge in [0, 0.05) is 17.9 Å². The molecule has 7 heteroatoms. The Bertz CT molecular complexity index is 1240. The molecule has 2 unspecified atom stereocenters. The fourth-order valence-electron chi connectivity index (χ4n) is 3.86. The Morgan fingerprint density at radius 1 is 0.795 bits per heavy atom. The van der Waals surface area contributed by atoms with Gasteiger partial charge in [0.2, 0.25) is 0 Å². The van der Waals surface area contributed by atoms with Gasteiger partial charge in [0.15, 0.2) is 0 Å². The fraction of sp³-hybridized carbons (Fsp3) is 0.281. The molecule has 0 bridgehead atoms. The number of unbranched alkanes of at least 4 members (excludes halogenated alkanes) is 1. The van der Waals surface area contributed by atoms with Crippen molar-refractivity contribution in [3.05, 3.63) is 108 Å². The molecule has 7 nitrogen and oxygen atoms in total. The Hall–Kier alpha value is -4.39. The molecule has 0 amide bonds. The first-order valence-corrected chi connectivity index (χ1v) is 13.1. The molecule has 39 heavy (non-hydrogen) atoms. The van der Waals surface area contributed by atoms with Crippen LogP contribution in [0.2, 0.25) is 0 Å². The largest absolute Gasteiger partial charge is 0.494 e. The zero-order valence-corrected chi connectivity index (χ0v) is 22.4. The summed E-state index contributed by atoms with van der Waals surface area (Å²) in [6, 6.07) is 13.7. The predicted octanol–water partition coefficient (Wildman–Crippen LogP) is 6.68. The number of fused-ring (bicyclic) bond motifs is 1. The van der Waals surface area contributed by atoms with Crippen LogP contribution < -0.4 is 4.74 Å². The smallest absolute Gasteiger partial charge is 0.343 e. The lowest BCUT2D eigenvalue weighted by atomic mass is 10.1. The molecule has 0 aromatic heterocycles. The van der Waals surface area contributed by atoms with Gasteiger partial charge in [-0.3, -0.25) is 0 Å². The van der Waals surface area contributed by atoms with E-state index in [1.165, 1.54) is 0 Å². The summed E-state index contributed by atoms with van der Waals surface area (Å²) < 4.78 is 21.8. The zero-order valence-electron chi connectivity index (χ0n) is 22.4. The Morgan fingerprint density at radius 3 is 1.82 bits per heavy atom. The summed E-state index contributed by atoms with van der Waals surface area (Å²) in [4.78, 5) is 36.1. The summed E-state index contributed by atoms with van der Waals surface area (Å²) in [6.45, 7) is 11.8. The van der Waals surface area contributed by atoms with Crippen molar-refractivity contribution in [3.63, 3.8) is 0 Å².